The summed E-state index contributed by atoms with van der Waals surface area (Å²) in [5.41, 5.74) is 3.23. The summed E-state index contributed by atoms with van der Waals surface area (Å²) in [6, 6.07) is 1.95. The second-order valence-electron chi connectivity index (χ2n) is 8.79. The van der Waals surface area contributed by atoms with E-state index in [1.807, 2.05) is 44.8 Å². The van der Waals surface area contributed by atoms with Gasteiger partial charge in [-0.25, -0.2) is 4.79 Å². The van der Waals surface area contributed by atoms with Crippen LogP contribution in [0, 0.1) is 12.8 Å². The Bertz CT molecular complexity index is 933. The first kappa shape index (κ1) is 20.4. The molecule has 4 atom stereocenters. The molecule has 0 saturated heterocycles. The highest BCUT2D eigenvalue weighted by Gasteiger charge is 2.45. The summed E-state index contributed by atoms with van der Waals surface area (Å²) in [5, 5.41) is 17.3. The largest absolute Gasteiger partial charge is 0.446 e. The first-order chi connectivity index (χ1) is 14.3. The predicted molar refractivity (Wildman–Crippen MR) is 111 cm³/mol. The minimum atomic E-state index is -0.365. The number of nitrogens with one attached hydrogen (secondary N) is 3. The van der Waals surface area contributed by atoms with Crippen LogP contribution >= 0.6 is 0 Å². The Morgan fingerprint density at radius 3 is 2.80 bits per heavy atom. The third kappa shape index (κ3) is 4.34. The summed E-state index contributed by atoms with van der Waals surface area (Å²) in [4.78, 5) is 24.4. The van der Waals surface area contributed by atoms with Gasteiger partial charge in [0.1, 0.15) is 6.10 Å². The van der Waals surface area contributed by atoms with Crippen molar-refractivity contribution in [2.24, 2.45) is 13.0 Å². The van der Waals surface area contributed by atoms with Gasteiger partial charge in [0.05, 0.1) is 6.20 Å². The average Bonchev–Trinajstić information content (AvgIpc) is 2.97. The van der Waals surface area contributed by atoms with Gasteiger partial charge >= 0.3 is 6.09 Å². The monoisotopic (exact) mass is 414 g/mol. The van der Waals surface area contributed by atoms with Gasteiger partial charge < -0.3 is 15.4 Å². The van der Waals surface area contributed by atoms with Gasteiger partial charge in [0.2, 0.25) is 5.91 Å². The fraction of sp³-hybridized carbons (Fsp3) is 0.619. The van der Waals surface area contributed by atoms with E-state index in [0.717, 1.165) is 42.6 Å². The number of hydrogen-bond acceptors (Lipinski definition) is 5. The highest BCUT2D eigenvalue weighted by molar-refractivity contribution is 5.94. The van der Waals surface area contributed by atoms with Crippen molar-refractivity contribution in [3.63, 3.8) is 0 Å². The maximum atomic E-state index is 12.6. The molecule has 2 heterocycles. The van der Waals surface area contributed by atoms with E-state index in [-0.39, 0.29) is 41.9 Å². The molecule has 2 amide bonds. The Kier molecular flexibility index (Phi) is 5.53. The van der Waals surface area contributed by atoms with Crippen LogP contribution in [0.4, 0.5) is 10.6 Å². The molecule has 0 aliphatic heterocycles. The molecular formula is C21H30N6O3. The standard InChI is InChI=1S/C21H30N6O3/c1-11(2)23-21(29)30-14-6-5-13(7-14)18-9-19(26-25-18)24-20(28)16-8-15(16)17-10-22-27(4)12(17)3/h9-11,13-16H,5-8H2,1-4H3,(H,23,29)(H2,24,25,26,28)/t13-,14+,15?,16+/m0/s1. The Morgan fingerprint density at radius 1 is 1.30 bits per heavy atom. The molecule has 0 radical (unpaired) electrons. The third-order valence-corrected chi connectivity index (χ3v) is 6.15. The van der Waals surface area contributed by atoms with Crippen molar-refractivity contribution in [2.75, 3.05) is 5.32 Å². The molecule has 30 heavy (non-hydrogen) atoms. The van der Waals surface area contributed by atoms with E-state index in [2.05, 4.69) is 25.9 Å². The van der Waals surface area contributed by atoms with Gasteiger partial charge in [-0.3, -0.25) is 14.6 Å². The second-order valence-corrected chi connectivity index (χ2v) is 8.79. The molecule has 2 saturated carbocycles. The van der Waals surface area contributed by atoms with Crippen LogP contribution in [0.15, 0.2) is 12.3 Å². The molecule has 162 valence electrons. The molecule has 2 aromatic heterocycles. The van der Waals surface area contributed by atoms with Gasteiger partial charge in [0, 0.05) is 42.4 Å². The Hall–Kier alpha value is -2.84. The van der Waals surface area contributed by atoms with E-state index in [1.54, 1.807) is 0 Å². The van der Waals surface area contributed by atoms with Gasteiger partial charge in [-0.05, 0) is 57.9 Å². The van der Waals surface area contributed by atoms with Gasteiger partial charge in [0.15, 0.2) is 5.82 Å². The molecule has 4 rings (SSSR count). The van der Waals surface area contributed by atoms with Gasteiger partial charge in [-0.2, -0.15) is 10.2 Å². The first-order valence-corrected chi connectivity index (χ1v) is 10.6. The van der Waals surface area contributed by atoms with E-state index < -0.39 is 0 Å². The maximum Gasteiger partial charge on any atom is 0.407 e. The lowest BCUT2D eigenvalue weighted by Gasteiger charge is -2.14. The number of carbonyl (C=O) groups is 2. The number of anilines is 1. The van der Waals surface area contributed by atoms with E-state index in [9.17, 15) is 9.59 Å². The van der Waals surface area contributed by atoms with Crippen LogP contribution in [0.1, 0.15) is 68.3 Å². The minimum absolute atomic E-state index is 0.000656. The molecule has 0 bridgehead atoms. The maximum absolute atomic E-state index is 12.6. The van der Waals surface area contributed by atoms with E-state index in [4.69, 9.17) is 4.74 Å². The molecular weight excluding hydrogens is 384 g/mol. The number of alkyl carbamates (subject to hydrolysis) is 1. The summed E-state index contributed by atoms with van der Waals surface area (Å²) in [7, 11) is 1.91. The number of aromatic nitrogens is 4. The number of carbonyl (C=O) groups excluding carboxylic acids is 2. The van der Waals surface area contributed by atoms with Gasteiger partial charge in [-0.1, -0.05) is 0 Å². The van der Waals surface area contributed by atoms with Gasteiger partial charge in [-0.15, -0.1) is 0 Å². The molecule has 9 nitrogen and oxygen atoms in total. The summed E-state index contributed by atoms with van der Waals surface area (Å²) < 4.78 is 7.33. The molecule has 9 heteroatoms. The Labute approximate surface area is 175 Å². The number of rotatable bonds is 6. The van der Waals surface area contributed by atoms with Gasteiger partial charge in [0.25, 0.3) is 0 Å². The fourth-order valence-electron chi connectivity index (χ4n) is 4.29. The SMILES string of the molecule is Cc1c(C2C[C@H]2C(=O)Nc2cc([C@H]3CC[C@@H](OC(=O)NC(C)C)C3)[nH]n2)cnn1C. The van der Waals surface area contributed by atoms with E-state index >= 15 is 0 Å². The average molecular weight is 415 g/mol. The number of aryl methyl sites for hydroxylation is 1. The first-order valence-electron chi connectivity index (χ1n) is 10.6. The second kappa shape index (κ2) is 8.12. The summed E-state index contributed by atoms with van der Waals surface area (Å²) >= 11 is 0. The smallest absolute Gasteiger partial charge is 0.407 e. The third-order valence-electron chi connectivity index (χ3n) is 6.15. The fourth-order valence-corrected chi connectivity index (χ4v) is 4.29. The topological polar surface area (TPSA) is 114 Å². The Morgan fingerprint density at radius 2 is 2.10 bits per heavy atom. The Balaban J connectivity index is 1.28. The van der Waals surface area contributed by atoms with Crippen molar-refractivity contribution in [1.82, 2.24) is 25.3 Å². The summed E-state index contributed by atoms with van der Waals surface area (Å²) in [6.07, 6.45) is 4.74. The van der Waals surface area contributed by atoms with Crippen LogP contribution in [0.25, 0.3) is 0 Å². The number of H-pyrrole nitrogens is 1. The van der Waals surface area contributed by atoms with Crippen molar-refractivity contribution >= 4 is 17.8 Å². The molecule has 0 spiro atoms. The molecule has 2 aliphatic rings. The van der Waals surface area contributed by atoms with Crippen molar-refractivity contribution in [2.45, 2.75) is 70.4 Å². The summed E-state index contributed by atoms with van der Waals surface area (Å²) in [5.74, 6) is 0.995. The minimum Gasteiger partial charge on any atom is -0.446 e. The van der Waals surface area contributed by atoms with Crippen molar-refractivity contribution in [3.8, 4) is 0 Å². The molecule has 0 aromatic carbocycles. The molecule has 2 aliphatic carbocycles. The van der Waals surface area contributed by atoms with Crippen LogP contribution in [0.5, 0.6) is 0 Å². The highest BCUT2D eigenvalue weighted by Crippen LogP contribution is 2.49. The number of aromatic amines is 1. The number of nitrogens with zero attached hydrogens (tertiary/aromatic N) is 3. The summed E-state index contributed by atoms with van der Waals surface area (Å²) in [6.45, 7) is 5.84. The van der Waals surface area contributed by atoms with Crippen molar-refractivity contribution in [3.05, 3.63) is 29.2 Å². The lowest BCUT2D eigenvalue weighted by atomic mass is 10.0. The zero-order valence-electron chi connectivity index (χ0n) is 17.9. The van der Waals surface area contributed by atoms with Crippen LogP contribution in [-0.2, 0) is 16.6 Å². The number of hydrogen-bond donors (Lipinski definition) is 3. The normalized spacial score (nSPS) is 25.4. The van der Waals surface area contributed by atoms with Crippen LogP contribution in [-0.4, -0.2) is 44.1 Å². The molecule has 2 fully saturated rings. The lowest BCUT2D eigenvalue weighted by molar-refractivity contribution is -0.117. The number of ether oxygens (including phenoxy) is 1. The highest BCUT2D eigenvalue weighted by atomic mass is 16.6. The molecule has 1 unspecified atom stereocenters. The van der Waals surface area contributed by atoms with Crippen molar-refractivity contribution < 1.29 is 14.3 Å². The zero-order valence-corrected chi connectivity index (χ0v) is 17.9. The molecule has 3 N–H and O–H groups in total. The lowest BCUT2D eigenvalue weighted by Crippen LogP contribution is -2.33. The quantitative estimate of drug-likeness (QED) is 0.672. The predicted octanol–water partition coefficient (Wildman–Crippen LogP) is 2.96. The zero-order chi connectivity index (χ0) is 21.4. The van der Waals surface area contributed by atoms with E-state index in [1.165, 1.54) is 0 Å². The van der Waals surface area contributed by atoms with Crippen LogP contribution < -0.4 is 10.6 Å². The van der Waals surface area contributed by atoms with Crippen LogP contribution in [0.3, 0.4) is 0 Å². The number of amides is 2. The molecule has 2 aromatic rings. The van der Waals surface area contributed by atoms with Crippen LogP contribution in [0.2, 0.25) is 0 Å². The van der Waals surface area contributed by atoms with E-state index in [0.29, 0.717) is 5.82 Å². The van der Waals surface area contributed by atoms with Crippen molar-refractivity contribution in [1.29, 1.82) is 0 Å².